The predicted molar refractivity (Wildman–Crippen MR) is 142 cm³/mol. The second-order valence-corrected chi connectivity index (χ2v) is 9.65. The number of carbonyl (C=O) groups is 3. The molecule has 0 bridgehead atoms. The van der Waals surface area contributed by atoms with Crippen molar-refractivity contribution in [1.29, 1.82) is 0 Å². The Labute approximate surface area is 221 Å². The number of carbonyl (C=O) groups excluding carboxylic acids is 3. The van der Waals surface area contributed by atoms with Gasteiger partial charge in [0, 0.05) is 44.7 Å². The summed E-state index contributed by atoms with van der Waals surface area (Å²) in [5.41, 5.74) is 7.57. The molecule has 1 fully saturated rings. The lowest BCUT2D eigenvalue weighted by Gasteiger charge is -2.43. The summed E-state index contributed by atoms with van der Waals surface area (Å²) in [6, 6.07) is 14.3. The van der Waals surface area contributed by atoms with Crippen LogP contribution in [0.4, 0.5) is 10.6 Å². The number of fused-ring (bicyclic) bond motifs is 1. The largest absolute Gasteiger partial charge is 0.481 e. The highest BCUT2D eigenvalue weighted by atomic mass is 16.6. The summed E-state index contributed by atoms with van der Waals surface area (Å²) in [7, 11) is 3.37. The fourth-order valence-corrected chi connectivity index (χ4v) is 4.84. The minimum atomic E-state index is -0.521. The van der Waals surface area contributed by atoms with Crippen molar-refractivity contribution in [2.45, 2.75) is 32.4 Å². The minimum absolute atomic E-state index is 0.148. The van der Waals surface area contributed by atoms with Crippen LogP contribution in [0.25, 0.3) is 10.9 Å². The fraction of sp³-hybridized carbons (Fsp3) is 0.407. The third kappa shape index (κ3) is 5.82. The van der Waals surface area contributed by atoms with Crippen molar-refractivity contribution in [1.82, 2.24) is 24.5 Å². The van der Waals surface area contributed by atoms with Gasteiger partial charge in [-0.1, -0.05) is 36.4 Å². The van der Waals surface area contributed by atoms with Gasteiger partial charge < -0.3 is 29.9 Å². The van der Waals surface area contributed by atoms with E-state index in [9.17, 15) is 14.4 Å². The molecule has 0 spiro atoms. The SMILES string of the molecule is C[C@@H]1CN(C(=O)OCN(C)C(=O)Cc2ccccc2)C[C@H](C)N1C(=O)COc1cccc2c(N)nn(C)c12. The number of piperazine rings is 1. The number of anilines is 1. The molecule has 1 aliphatic rings. The van der Waals surface area contributed by atoms with Crippen molar-refractivity contribution < 1.29 is 23.9 Å². The van der Waals surface area contributed by atoms with Gasteiger partial charge in [0.15, 0.2) is 19.2 Å². The monoisotopic (exact) mass is 522 g/mol. The number of aryl methyl sites for hydroxylation is 1. The van der Waals surface area contributed by atoms with Crippen LogP contribution >= 0.6 is 0 Å². The number of amides is 3. The maximum Gasteiger partial charge on any atom is 0.411 e. The Morgan fingerprint density at radius 2 is 1.74 bits per heavy atom. The maximum atomic E-state index is 13.1. The number of likely N-dealkylation sites (N-methyl/N-ethyl adjacent to an activating group) is 1. The van der Waals surface area contributed by atoms with E-state index in [4.69, 9.17) is 15.2 Å². The van der Waals surface area contributed by atoms with Crippen molar-refractivity contribution in [3.8, 4) is 5.75 Å². The molecular weight excluding hydrogens is 488 g/mol. The van der Waals surface area contributed by atoms with E-state index in [1.807, 2.05) is 56.3 Å². The van der Waals surface area contributed by atoms with Gasteiger partial charge in [-0.3, -0.25) is 14.3 Å². The average Bonchev–Trinajstić information content (AvgIpc) is 3.19. The van der Waals surface area contributed by atoms with Crippen LogP contribution in [-0.4, -0.2) is 87.9 Å². The van der Waals surface area contributed by atoms with E-state index in [-0.39, 0.29) is 43.7 Å². The lowest BCUT2D eigenvalue weighted by Crippen LogP contribution is -2.60. The molecule has 2 heterocycles. The Morgan fingerprint density at radius 3 is 2.42 bits per heavy atom. The molecule has 2 N–H and O–H groups in total. The first-order valence-corrected chi connectivity index (χ1v) is 12.5. The van der Waals surface area contributed by atoms with Crippen LogP contribution < -0.4 is 10.5 Å². The summed E-state index contributed by atoms with van der Waals surface area (Å²) in [5.74, 6) is 0.592. The van der Waals surface area contributed by atoms with Crippen LogP contribution in [0.5, 0.6) is 5.75 Å². The van der Waals surface area contributed by atoms with Crippen molar-refractivity contribution in [2.24, 2.45) is 7.05 Å². The predicted octanol–water partition coefficient (Wildman–Crippen LogP) is 2.25. The molecular formula is C27H34N6O5. The Morgan fingerprint density at radius 1 is 1.05 bits per heavy atom. The number of nitrogen functional groups attached to an aromatic ring is 1. The van der Waals surface area contributed by atoms with Crippen LogP contribution in [0.3, 0.4) is 0 Å². The van der Waals surface area contributed by atoms with Crippen molar-refractivity contribution >= 4 is 34.6 Å². The molecule has 4 rings (SSSR count). The van der Waals surface area contributed by atoms with E-state index in [1.54, 1.807) is 34.6 Å². The van der Waals surface area contributed by atoms with Crippen LogP contribution in [0, 0.1) is 0 Å². The van der Waals surface area contributed by atoms with E-state index < -0.39 is 6.09 Å². The van der Waals surface area contributed by atoms with E-state index in [1.165, 1.54) is 4.90 Å². The molecule has 2 aromatic carbocycles. The Balaban J connectivity index is 1.28. The molecule has 3 amide bonds. The summed E-state index contributed by atoms with van der Waals surface area (Å²) >= 11 is 0. The van der Waals surface area contributed by atoms with Crippen molar-refractivity contribution in [3.63, 3.8) is 0 Å². The number of para-hydroxylation sites is 1. The summed E-state index contributed by atoms with van der Waals surface area (Å²) in [6.07, 6.45) is -0.291. The third-order valence-electron chi connectivity index (χ3n) is 6.68. The number of aromatic nitrogens is 2. The molecule has 1 aromatic heterocycles. The van der Waals surface area contributed by atoms with Gasteiger partial charge >= 0.3 is 6.09 Å². The van der Waals surface area contributed by atoms with Crippen LogP contribution in [0.1, 0.15) is 19.4 Å². The molecule has 11 nitrogen and oxygen atoms in total. The Kier molecular flexibility index (Phi) is 8.04. The molecule has 11 heteroatoms. The Hall–Kier alpha value is -4.28. The molecule has 0 saturated carbocycles. The number of hydrogen-bond acceptors (Lipinski definition) is 7. The molecule has 1 aliphatic heterocycles. The number of nitrogens with zero attached hydrogens (tertiary/aromatic N) is 5. The Bertz CT molecular complexity index is 1300. The first-order valence-electron chi connectivity index (χ1n) is 12.5. The summed E-state index contributed by atoms with van der Waals surface area (Å²) in [4.78, 5) is 43.0. The van der Waals surface area contributed by atoms with Gasteiger partial charge in [-0.25, -0.2) is 4.79 Å². The van der Waals surface area contributed by atoms with Gasteiger partial charge in [0.1, 0.15) is 11.3 Å². The summed E-state index contributed by atoms with van der Waals surface area (Å²) in [6.45, 7) is 4.08. The molecule has 3 aromatic rings. The second-order valence-electron chi connectivity index (χ2n) is 9.65. The number of ether oxygens (including phenoxy) is 2. The van der Waals surface area contributed by atoms with Crippen molar-refractivity contribution in [2.75, 3.05) is 39.2 Å². The zero-order chi connectivity index (χ0) is 27.4. The number of nitrogens with two attached hydrogens (primary N) is 1. The normalized spacial score (nSPS) is 17.4. The molecule has 202 valence electrons. The van der Waals surface area contributed by atoms with Gasteiger partial charge in [0.25, 0.3) is 5.91 Å². The first kappa shape index (κ1) is 26.8. The van der Waals surface area contributed by atoms with Gasteiger partial charge in [0.2, 0.25) is 5.91 Å². The average molecular weight is 523 g/mol. The zero-order valence-electron chi connectivity index (χ0n) is 22.2. The highest BCUT2D eigenvalue weighted by Crippen LogP contribution is 2.29. The van der Waals surface area contributed by atoms with Gasteiger partial charge in [-0.15, -0.1) is 0 Å². The number of hydrogen-bond donors (Lipinski definition) is 1. The molecule has 2 atom stereocenters. The lowest BCUT2D eigenvalue weighted by atomic mass is 10.1. The van der Waals surface area contributed by atoms with Crippen molar-refractivity contribution in [3.05, 3.63) is 54.1 Å². The lowest BCUT2D eigenvalue weighted by molar-refractivity contribution is -0.141. The molecule has 0 aliphatic carbocycles. The first-order chi connectivity index (χ1) is 18.2. The second kappa shape index (κ2) is 11.4. The maximum absolute atomic E-state index is 13.1. The third-order valence-corrected chi connectivity index (χ3v) is 6.68. The van der Waals surface area contributed by atoms with Gasteiger partial charge in [-0.05, 0) is 31.5 Å². The van der Waals surface area contributed by atoms with Crippen LogP contribution in [-0.2, 0) is 27.8 Å². The fourth-order valence-electron chi connectivity index (χ4n) is 4.84. The van der Waals surface area contributed by atoms with E-state index in [0.29, 0.717) is 24.7 Å². The summed E-state index contributed by atoms with van der Waals surface area (Å²) < 4.78 is 12.9. The van der Waals surface area contributed by atoms with E-state index >= 15 is 0 Å². The van der Waals surface area contributed by atoms with Crippen LogP contribution in [0.15, 0.2) is 48.5 Å². The standard InChI is InChI=1S/C27H34N6O5/c1-18-14-32(27(36)38-17-30(3)23(34)13-20-9-6-5-7-10-20)15-19(2)33(18)24(35)16-37-22-12-8-11-21-25(22)31(4)29-26(21)28/h5-12,18-19H,13-17H2,1-4H3,(H2,28,29)/t18-,19+. The molecule has 1 saturated heterocycles. The molecule has 0 unspecified atom stereocenters. The van der Waals surface area contributed by atoms with Crippen LogP contribution in [0.2, 0.25) is 0 Å². The number of benzene rings is 2. The number of rotatable bonds is 7. The highest BCUT2D eigenvalue weighted by molar-refractivity contribution is 5.93. The summed E-state index contributed by atoms with van der Waals surface area (Å²) in [5, 5.41) is 4.98. The smallest absolute Gasteiger partial charge is 0.411 e. The minimum Gasteiger partial charge on any atom is -0.481 e. The van der Waals surface area contributed by atoms with E-state index in [2.05, 4.69) is 5.10 Å². The van der Waals surface area contributed by atoms with E-state index in [0.717, 1.165) is 16.5 Å². The van der Waals surface area contributed by atoms with Gasteiger partial charge in [0.05, 0.1) is 6.42 Å². The molecule has 0 radical (unpaired) electrons. The topological polar surface area (TPSA) is 123 Å². The highest BCUT2D eigenvalue weighted by Gasteiger charge is 2.35. The zero-order valence-corrected chi connectivity index (χ0v) is 22.2. The molecule has 38 heavy (non-hydrogen) atoms. The van der Waals surface area contributed by atoms with Gasteiger partial charge in [-0.2, -0.15) is 5.10 Å². The quantitative estimate of drug-likeness (QED) is 0.472.